The molecule has 0 aliphatic carbocycles. The van der Waals surface area contributed by atoms with Gasteiger partial charge in [0, 0.05) is 7.11 Å². The van der Waals surface area contributed by atoms with Gasteiger partial charge in [0.1, 0.15) is 5.75 Å². The summed E-state index contributed by atoms with van der Waals surface area (Å²) >= 11 is 0. The van der Waals surface area contributed by atoms with Gasteiger partial charge < -0.3 is 19.5 Å². The Morgan fingerprint density at radius 3 is 2.71 bits per heavy atom. The standard InChI is InChI=1S/C12H17NO4/c1-15-10-6-4-5-9(7-10)11(16-2)8-13-12(14)17-3/h4-7,11H,8H2,1-3H3,(H,13,14). The molecule has 0 spiro atoms. The van der Waals surface area contributed by atoms with Gasteiger partial charge in [-0.3, -0.25) is 0 Å². The molecule has 1 atom stereocenters. The second kappa shape index (κ2) is 6.75. The van der Waals surface area contributed by atoms with Crippen LogP contribution < -0.4 is 10.1 Å². The van der Waals surface area contributed by atoms with Crippen molar-refractivity contribution in [3.05, 3.63) is 29.8 Å². The van der Waals surface area contributed by atoms with Gasteiger partial charge in [0.05, 0.1) is 26.9 Å². The average molecular weight is 239 g/mol. The SMILES string of the molecule is COC(=O)NCC(OC)c1cccc(OC)c1. The highest BCUT2D eigenvalue weighted by Crippen LogP contribution is 2.20. The lowest BCUT2D eigenvalue weighted by Gasteiger charge is -2.16. The molecule has 5 nitrogen and oxygen atoms in total. The van der Waals surface area contributed by atoms with Crippen molar-refractivity contribution < 1.29 is 19.0 Å². The van der Waals surface area contributed by atoms with Crippen LogP contribution in [0.4, 0.5) is 4.79 Å². The summed E-state index contributed by atoms with van der Waals surface area (Å²) in [6.07, 6.45) is -0.709. The minimum atomic E-state index is -0.477. The number of benzene rings is 1. The number of rotatable bonds is 5. The Labute approximate surface area is 101 Å². The average Bonchev–Trinajstić information content (AvgIpc) is 2.39. The Morgan fingerprint density at radius 2 is 2.12 bits per heavy atom. The number of hydrogen-bond acceptors (Lipinski definition) is 4. The molecule has 0 fully saturated rings. The highest BCUT2D eigenvalue weighted by Gasteiger charge is 2.12. The Balaban J connectivity index is 2.68. The van der Waals surface area contributed by atoms with Crippen LogP contribution in [0, 0.1) is 0 Å². The maximum Gasteiger partial charge on any atom is 0.406 e. The molecule has 0 aliphatic rings. The maximum atomic E-state index is 11.0. The molecular weight excluding hydrogens is 222 g/mol. The van der Waals surface area contributed by atoms with Crippen molar-refractivity contribution in [2.45, 2.75) is 6.10 Å². The largest absolute Gasteiger partial charge is 0.497 e. The summed E-state index contributed by atoms with van der Waals surface area (Å²) < 4.78 is 14.9. The highest BCUT2D eigenvalue weighted by atomic mass is 16.5. The predicted molar refractivity (Wildman–Crippen MR) is 63.2 cm³/mol. The number of nitrogens with one attached hydrogen (secondary N) is 1. The van der Waals surface area contributed by atoms with Gasteiger partial charge >= 0.3 is 6.09 Å². The van der Waals surface area contributed by atoms with Crippen molar-refractivity contribution in [3.8, 4) is 5.75 Å². The van der Waals surface area contributed by atoms with Crippen LogP contribution in [0.2, 0.25) is 0 Å². The fraction of sp³-hybridized carbons (Fsp3) is 0.417. The van der Waals surface area contributed by atoms with E-state index in [0.717, 1.165) is 11.3 Å². The number of carbonyl (C=O) groups is 1. The lowest BCUT2D eigenvalue weighted by atomic mass is 10.1. The van der Waals surface area contributed by atoms with Crippen molar-refractivity contribution in [2.24, 2.45) is 0 Å². The van der Waals surface area contributed by atoms with Gasteiger partial charge in [-0.05, 0) is 17.7 Å². The van der Waals surface area contributed by atoms with Crippen LogP contribution in [0.15, 0.2) is 24.3 Å². The summed E-state index contributed by atoms with van der Waals surface area (Å²) in [6.45, 7) is 0.344. The van der Waals surface area contributed by atoms with E-state index in [1.54, 1.807) is 14.2 Å². The molecule has 0 heterocycles. The number of amides is 1. The molecule has 1 aromatic carbocycles. The van der Waals surface area contributed by atoms with E-state index in [2.05, 4.69) is 10.1 Å². The van der Waals surface area contributed by atoms with Crippen LogP contribution in [0.1, 0.15) is 11.7 Å². The molecule has 1 amide bonds. The minimum Gasteiger partial charge on any atom is -0.497 e. The van der Waals surface area contributed by atoms with E-state index in [1.165, 1.54) is 7.11 Å². The summed E-state index contributed by atoms with van der Waals surface area (Å²) in [5.74, 6) is 0.752. The van der Waals surface area contributed by atoms with Crippen LogP contribution in [-0.4, -0.2) is 34.0 Å². The van der Waals surface area contributed by atoms with Crippen molar-refractivity contribution in [2.75, 3.05) is 27.9 Å². The molecule has 94 valence electrons. The van der Waals surface area contributed by atoms with Gasteiger partial charge in [0.25, 0.3) is 0 Å². The predicted octanol–water partition coefficient (Wildman–Crippen LogP) is 1.74. The maximum absolute atomic E-state index is 11.0. The quantitative estimate of drug-likeness (QED) is 0.850. The number of methoxy groups -OCH3 is 3. The van der Waals surface area contributed by atoms with Crippen LogP contribution in [0.25, 0.3) is 0 Å². The molecule has 5 heteroatoms. The normalized spacial score (nSPS) is 11.7. The molecule has 1 rings (SSSR count). The van der Waals surface area contributed by atoms with Crippen LogP contribution in [0.3, 0.4) is 0 Å². The van der Waals surface area contributed by atoms with Gasteiger partial charge in [-0.25, -0.2) is 4.79 Å². The van der Waals surface area contributed by atoms with E-state index >= 15 is 0 Å². The molecule has 0 bridgehead atoms. The van der Waals surface area contributed by atoms with Crippen LogP contribution >= 0.6 is 0 Å². The third kappa shape index (κ3) is 3.96. The first-order chi connectivity index (χ1) is 8.21. The second-order valence-corrected chi connectivity index (χ2v) is 3.37. The summed E-state index contributed by atoms with van der Waals surface area (Å²) in [5, 5.41) is 2.59. The van der Waals surface area contributed by atoms with Gasteiger partial charge in [0.2, 0.25) is 0 Å². The van der Waals surface area contributed by atoms with Crippen molar-refractivity contribution in [1.82, 2.24) is 5.32 Å². The van der Waals surface area contributed by atoms with Crippen LogP contribution in [-0.2, 0) is 9.47 Å². The minimum absolute atomic E-state index is 0.232. The summed E-state index contributed by atoms with van der Waals surface area (Å²) in [6, 6.07) is 7.51. The topological polar surface area (TPSA) is 56.8 Å². The molecule has 0 radical (unpaired) electrons. The highest BCUT2D eigenvalue weighted by molar-refractivity contribution is 5.66. The van der Waals surface area contributed by atoms with Crippen molar-refractivity contribution >= 4 is 6.09 Å². The lowest BCUT2D eigenvalue weighted by molar-refractivity contribution is 0.0980. The number of hydrogen-bond donors (Lipinski definition) is 1. The molecule has 1 unspecified atom stereocenters. The smallest absolute Gasteiger partial charge is 0.406 e. The van der Waals surface area contributed by atoms with Gasteiger partial charge in [-0.1, -0.05) is 12.1 Å². The van der Waals surface area contributed by atoms with Crippen LogP contribution in [0.5, 0.6) is 5.75 Å². The van der Waals surface area contributed by atoms with E-state index < -0.39 is 6.09 Å². The number of alkyl carbamates (subject to hydrolysis) is 1. The molecule has 0 saturated carbocycles. The first-order valence-corrected chi connectivity index (χ1v) is 5.19. The third-order valence-corrected chi connectivity index (χ3v) is 2.37. The monoisotopic (exact) mass is 239 g/mol. The fourth-order valence-corrected chi connectivity index (χ4v) is 1.43. The van der Waals surface area contributed by atoms with E-state index in [1.807, 2.05) is 24.3 Å². The Kier molecular flexibility index (Phi) is 5.29. The molecule has 17 heavy (non-hydrogen) atoms. The molecule has 0 aliphatic heterocycles. The summed E-state index contributed by atoms with van der Waals surface area (Å²) in [4.78, 5) is 11.0. The second-order valence-electron chi connectivity index (χ2n) is 3.37. The summed E-state index contributed by atoms with van der Waals surface area (Å²) in [5.41, 5.74) is 0.934. The lowest BCUT2D eigenvalue weighted by Crippen LogP contribution is -2.28. The Hall–Kier alpha value is -1.75. The fourth-order valence-electron chi connectivity index (χ4n) is 1.43. The number of carbonyl (C=O) groups excluding carboxylic acids is 1. The molecular formula is C12H17NO4. The van der Waals surface area contributed by atoms with E-state index in [-0.39, 0.29) is 6.10 Å². The van der Waals surface area contributed by atoms with E-state index in [0.29, 0.717) is 6.54 Å². The molecule has 0 aromatic heterocycles. The molecule has 1 aromatic rings. The first kappa shape index (κ1) is 13.3. The molecule has 1 N–H and O–H groups in total. The number of ether oxygens (including phenoxy) is 3. The summed E-state index contributed by atoms with van der Waals surface area (Å²) in [7, 11) is 4.51. The van der Waals surface area contributed by atoms with E-state index in [4.69, 9.17) is 9.47 Å². The van der Waals surface area contributed by atoms with Crippen molar-refractivity contribution in [1.29, 1.82) is 0 Å². The Bertz CT molecular complexity index is 367. The van der Waals surface area contributed by atoms with E-state index in [9.17, 15) is 4.79 Å². The zero-order valence-electron chi connectivity index (χ0n) is 10.2. The third-order valence-electron chi connectivity index (χ3n) is 2.37. The first-order valence-electron chi connectivity index (χ1n) is 5.19. The van der Waals surface area contributed by atoms with Gasteiger partial charge in [0.15, 0.2) is 0 Å². The Morgan fingerprint density at radius 1 is 1.35 bits per heavy atom. The zero-order chi connectivity index (χ0) is 12.7. The zero-order valence-corrected chi connectivity index (χ0v) is 10.2. The molecule has 0 saturated heterocycles. The van der Waals surface area contributed by atoms with Crippen molar-refractivity contribution in [3.63, 3.8) is 0 Å². The van der Waals surface area contributed by atoms with Gasteiger partial charge in [-0.2, -0.15) is 0 Å². The van der Waals surface area contributed by atoms with Gasteiger partial charge in [-0.15, -0.1) is 0 Å².